The van der Waals surface area contributed by atoms with E-state index in [1.165, 1.54) is 16.7 Å². The molecule has 2 aliphatic heterocycles. The van der Waals surface area contributed by atoms with Crippen LogP contribution in [0, 0.1) is 11.8 Å². The van der Waals surface area contributed by atoms with E-state index in [0.717, 1.165) is 17.7 Å². The number of hydrogen-bond acceptors (Lipinski definition) is 7. The maximum atomic E-state index is 14.6. The first-order valence-corrected chi connectivity index (χ1v) is 19.7. The lowest BCUT2D eigenvalue weighted by atomic mass is 9.81. The van der Waals surface area contributed by atoms with Crippen molar-refractivity contribution in [1.82, 2.24) is 20.4 Å². The SMILES string of the molecule is CNC(=O)C(c1ccccc1)N1CC[C@@H](C2C=CC=CC2)C[C@H](NC(=O)C(CCCCN2C(=O)c3ccccc3C2=O)SCc2ccc(OC)cc2)C1=O. The molecule has 54 heavy (non-hydrogen) atoms. The summed E-state index contributed by atoms with van der Waals surface area (Å²) in [7, 11) is 3.19. The number of carbonyl (C=O) groups is 5. The number of unbranched alkanes of at least 4 members (excludes halogenated alkanes) is 1. The van der Waals surface area contributed by atoms with Crippen LogP contribution in [0.5, 0.6) is 5.75 Å². The second-order valence-corrected chi connectivity index (χ2v) is 15.2. The summed E-state index contributed by atoms with van der Waals surface area (Å²) < 4.78 is 5.32. The number of nitrogens with one attached hydrogen (secondary N) is 2. The molecule has 3 unspecified atom stereocenters. The number of imide groups is 1. The van der Waals surface area contributed by atoms with Crippen molar-refractivity contribution in [3.63, 3.8) is 0 Å². The Balaban J connectivity index is 1.20. The Morgan fingerprint density at radius 3 is 2.24 bits per heavy atom. The lowest BCUT2D eigenvalue weighted by Crippen LogP contribution is -2.52. The summed E-state index contributed by atoms with van der Waals surface area (Å²) in [6, 6.07) is 22.2. The molecule has 0 saturated carbocycles. The van der Waals surface area contributed by atoms with E-state index >= 15 is 0 Å². The van der Waals surface area contributed by atoms with Crippen molar-refractivity contribution in [2.45, 2.75) is 61.6 Å². The van der Waals surface area contributed by atoms with Gasteiger partial charge in [-0.05, 0) is 79.3 Å². The van der Waals surface area contributed by atoms with Crippen LogP contribution in [0.2, 0.25) is 0 Å². The number of fused-ring (bicyclic) bond motifs is 1. The van der Waals surface area contributed by atoms with E-state index in [0.29, 0.717) is 61.1 Å². The average Bonchev–Trinajstić information content (AvgIpc) is 3.34. The standard InChI is InChI=1S/C43H48N4O6S/c1-44-40(49)38(31-15-7-4-8-16-31)46-26-24-32(30-13-5-3-6-14-30)27-36(43(46)52)45-39(48)37(54-28-29-20-22-33(53-2)23-21-29)19-11-12-25-47-41(50)34-17-9-10-18-35(34)42(47)51/h3-10,13,15-18,20-23,30,32,36-38H,11-12,14,19,24-28H2,1-2H3,(H,44,49)(H,45,48)/t30?,32-,36+,37?,38?/m1/s1. The molecule has 0 spiro atoms. The molecule has 5 atom stereocenters. The van der Waals surface area contributed by atoms with Crippen LogP contribution in [0.1, 0.15) is 76.4 Å². The fourth-order valence-corrected chi connectivity index (χ4v) is 8.75. The molecule has 0 bridgehead atoms. The Morgan fingerprint density at radius 1 is 0.889 bits per heavy atom. The van der Waals surface area contributed by atoms with Crippen LogP contribution >= 0.6 is 11.8 Å². The molecule has 2 heterocycles. The number of thioether (sulfide) groups is 1. The maximum Gasteiger partial charge on any atom is 0.261 e. The summed E-state index contributed by atoms with van der Waals surface area (Å²) in [6.45, 7) is 0.635. The molecular formula is C43H48N4O6S. The molecule has 1 aliphatic carbocycles. The molecule has 3 aromatic carbocycles. The van der Waals surface area contributed by atoms with Crippen molar-refractivity contribution < 1.29 is 28.7 Å². The van der Waals surface area contributed by atoms with Crippen molar-refractivity contribution in [3.05, 3.63) is 125 Å². The Kier molecular flexibility index (Phi) is 13.0. The van der Waals surface area contributed by atoms with Crippen molar-refractivity contribution in [1.29, 1.82) is 0 Å². The van der Waals surface area contributed by atoms with Crippen molar-refractivity contribution >= 4 is 41.3 Å². The lowest BCUT2D eigenvalue weighted by Gasteiger charge is -2.32. The summed E-state index contributed by atoms with van der Waals surface area (Å²) in [5, 5.41) is 5.41. The molecule has 6 rings (SSSR count). The normalized spacial score (nSPS) is 20.6. The number of likely N-dealkylation sites (N-methyl/N-ethyl adjacent to an activating group) is 1. The highest BCUT2D eigenvalue weighted by Gasteiger charge is 2.41. The number of ether oxygens (including phenoxy) is 1. The number of amides is 5. The first-order valence-electron chi connectivity index (χ1n) is 18.7. The van der Waals surface area contributed by atoms with Crippen LogP contribution in [0.4, 0.5) is 0 Å². The van der Waals surface area contributed by atoms with Crippen LogP contribution in [-0.4, -0.2) is 77.9 Å². The summed E-state index contributed by atoms with van der Waals surface area (Å²) in [5.74, 6) is 0.218. The molecule has 11 heteroatoms. The van der Waals surface area contributed by atoms with Gasteiger partial charge in [0.05, 0.1) is 23.5 Å². The second kappa shape index (κ2) is 18.2. The highest BCUT2D eigenvalue weighted by Crippen LogP contribution is 2.35. The average molecular weight is 749 g/mol. The number of hydrogen-bond donors (Lipinski definition) is 2. The highest BCUT2D eigenvalue weighted by molar-refractivity contribution is 7.99. The van der Waals surface area contributed by atoms with Crippen molar-refractivity contribution in [3.8, 4) is 5.75 Å². The van der Waals surface area contributed by atoms with Gasteiger partial charge in [-0.1, -0.05) is 85.3 Å². The fourth-order valence-electron chi connectivity index (χ4n) is 7.61. The minimum absolute atomic E-state index is 0.108. The minimum Gasteiger partial charge on any atom is -0.497 e. The molecule has 1 saturated heterocycles. The minimum atomic E-state index is -0.842. The van der Waals surface area contributed by atoms with Gasteiger partial charge in [0.1, 0.15) is 17.8 Å². The van der Waals surface area contributed by atoms with Crippen LogP contribution in [0.25, 0.3) is 0 Å². The summed E-state index contributed by atoms with van der Waals surface area (Å²) >= 11 is 1.50. The molecule has 5 amide bonds. The largest absolute Gasteiger partial charge is 0.497 e. The van der Waals surface area contributed by atoms with Gasteiger partial charge in [0.25, 0.3) is 11.8 Å². The predicted molar refractivity (Wildman–Crippen MR) is 210 cm³/mol. The molecule has 3 aromatic rings. The van der Waals surface area contributed by atoms with E-state index < -0.39 is 17.3 Å². The third-order valence-electron chi connectivity index (χ3n) is 10.6. The molecule has 3 aliphatic rings. The topological polar surface area (TPSA) is 125 Å². The van der Waals surface area contributed by atoms with E-state index in [2.05, 4.69) is 22.8 Å². The van der Waals surface area contributed by atoms with Crippen LogP contribution in [0.15, 0.2) is 103 Å². The number of carbonyl (C=O) groups excluding carboxylic acids is 5. The second-order valence-electron chi connectivity index (χ2n) is 14.0. The molecule has 0 radical (unpaired) electrons. The van der Waals surface area contributed by atoms with Gasteiger partial charge in [0.2, 0.25) is 17.7 Å². The summed E-state index contributed by atoms with van der Waals surface area (Å²) in [6.07, 6.45) is 12.0. The zero-order valence-corrected chi connectivity index (χ0v) is 31.6. The number of benzene rings is 3. The summed E-state index contributed by atoms with van der Waals surface area (Å²) in [4.78, 5) is 71.2. The number of rotatable bonds is 15. The first-order chi connectivity index (χ1) is 26.3. The Hall–Kier alpha value is -5.16. The van der Waals surface area contributed by atoms with E-state index in [4.69, 9.17) is 4.74 Å². The predicted octanol–water partition coefficient (Wildman–Crippen LogP) is 6.11. The third-order valence-corrected chi connectivity index (χ3v) is 11.9. The van der Waals surface area contributed by atoms with Crippen LogP contribution in [0.3, 0.4) is 0 Å². The number of likely N-dealkylation sites (tertiary alicyclic amines) is 1. The number of methoxy groups -OCH3 is 1. The monoisotopic (exact) mass is 748 g/mol. The first kappa shape index (κ1) is 38.6. The summed E-state index contributed by atoms with van der Waals surface area (Å²) in [5.41, 5.74) is 2.57. The zero-order valence-electron chi connectivity index (χ0n) is 30.8. The third kappa shape index (κ3) is 8.95. The Bertz CT molecular complexity index is 1840. The number of allylic oxidation sites excluding steroid dienone is 4. The molecule has 282 valence electrons. The molecule has 10 nitrogen and oxygen atoms in total. The van der Waals surface area contributed by atoms with Crippen LogP contribution in [-0.2, 0) is 20.1 Å². The smallest absolute Gasteiger partial charge is 0.261 e. The van der Waals surface area contributed by atoms with E-state index in [-0.39, 0.29) is 47.9 Å². The van der Waals surface area contributed by atoms with Gasteiger partial charge in [-0.15, -0.1) is 11.8 Å². The van der Waals surface area contributed by atoms with Gasteiger partial charge >= 0.3 is 0 Å². The fraction of sp³-hybridized carbons (Fsp3) is 0.372. The van der Waals surface area contributed by atoms with E-state index in [1.54, 1.807) is 43.3 Å². The van der Waals surface area contributed by atoms with Crippen molar-refractivity contribution in [2.75, 3.05) is 27.2 Å². The van der Waals surface area contributed by atoms with E-state index in [9.17, 15) is 24.0 Å². The molecule has 0 aromatic heterocycles. The quantitative estimate of drug-likeness (QED) is 0.142. The lowest BCUT2D eigenvalue weighted by molar-refractivity contribution is -0.143. The van der Waals surface area contributed by atoms with Crippen LogP contribution < -0.4 is 15.4 Å². The van der Waals surface area contributed by atoms with Gasteiger partial charge in [-0.25, -0.2) is 0 Å². The molecule has 1 fully saturated rings. The molecule has 2 N–H and O–H groups in total. The Morgan fingerprint density at radius 2 is 1.59 bits per heavy atom. The zero-order chi connectivity index (χ0) is 38.0. The maximum absolute atomic E-state index is 14.6. The van der Waals surface area contributed by atoms with Gasteiger partial charge in [0, 0.05) is 25.9 Å². The van der Waals surface area contributed by atoms with Crippen molar-refractivity contribution in [2.24, 2.45) is 11.8 Å². The highest BCUT2D eigenvalue weighted by atomic mass is 32.2. The molecular weight excluding hydrogens is 701 g/mol. The van der Waals surface area contributed by atoms with Gasteiger partial charge in [0.15, 0.2) is 0 Å². The van der Waals surface area contributed by atoms with Gasteiger partial charge in [-0.2, -0.15) is 0 Å². The van der Waals surface area contributed by atoms with Gasteiger partial charge < -0.3 is 20.3 Å². The number of nitrogens with zero attached hydrogens (tertiary/aromatic N) is 2. The van der Waals surface area contributed by atoms with Gasteiger partial charge in [-0.3, -0.25) is 28.9 Å². The van der Waals surface area contributed by atoms with E-state index in [1.807, 2.05) is 66.7 Å². The Labute approximate surface area is 321 Å².